The van der Waals surface area contributed by atoms with E-state index in [0.717, 1.165) is 42.7 Å². The quantitative estimate of drug-likeness (QED) is 0.398. The molecular weight excluding hydrogens is 565 g/mol. The molecule has 4 rings (SSSR count). The number of halogens is 2. The number of nitrogens with zero attached hydrogens (tertiary/aromatic N) is 4. The Hall–Kier alpha value is -2.59. The van der Waals surface area contributed by atoms with Crippen molar-refractivity contribution in [1.82, 2.24) is 25.0 Å². The van der Waals surface area contributed by atoms with Gasteiger partial charge in [0.2, 0.25) is 5.91 Å². The third-order valence-electron chi connectivity index (χ3n) is 8.28. The average Bonchev–Trinajstić information content (AvgIpc) is 2.94. The van der Waals surface area contributed by atoms with Crippen molar-refractivity contribution in [3.63, 3.8) is 0 Å². The molecule has 0 bridgehead atoms. The molecule has 3 amide bonds. The number of carbonyl (C=O) groups is 2. The molecule has 2 fully saturated rings. The van der Waals surface area contributed by atoms with Crippen molar-refractivity contribution in [3.8, 4) is 5.75 Å². The van der Waals surface area contributed by atoms with Gasteiger partial charge in [0.15, 0.2) is 0 Å². The number of piperidine rings is 1. The van der Waals surface area contributed by atoms with Crippen LogP contribution in [0.3, 0.4) is 0 Å². The summed E-state index contributed by atoms with van der Waals surface area (Å²) in [6.07, 6.45) is 5.24. The van der Waals surface area contributed by atoms with Crippen molar-refractivity contribution in [2.24, 2.45) is 0 Å². The van der Waals surface area contributed by atoms with Crippen molar-refractivity contribution in [3.05, 3.63) is 57.8 Å². The van der Waals surface area contributed by atoms with Crippen LogP contribution < -0.4 is 10.1 Å². The fraction of sp³-hybridized carbons (Fsp3) is 0.567. The minimum absolute atomic E-state index is 0.101. The van der Waals surface area contributed by atoms with E-state index in [9.17, 15) is 14.7 Å². The molecule has 0 unspecified atom stereocenters. The van der Waals surface area contributed by atoms with Gasteiger partial charge in [-0.25, -0.2) is 4.79 Å². The number of carbonyl (C=O) groups excluding carboxylic acids is 2. The van der Waals surface area contributed by atoms with Gasteiger partial charge in [0.1, 0.15) is 18.4 Å². The molecule has 0 aliphatic carbocycles. The van der Waals surface area contributed by atoms with E-state index in [-0.39, 0.29) is 36.9 Å². The highest BCUT2D eigenvalue weighted by molar-refractivity contribution is 6.35. The van der Waals surface area contributed by atoms with Crippen molar-refractivity contribution in [2.75, 3.05) is 46.9 Å². The van der Waals surface area contributed by atoms with Gasteiger partial charge in [-0.1, -0.05) is 36.2 Å². The smallest absolute Gasteiger partial charge is 0.318 e. The lowest BCUT2D eigenvalue weighted by Crippen LogP contribution is -2.60. The Bertz CT molecular complexity index is 1190. The molecule has 0 saturated carbocycles. The van der Waals surface area contributed by atoms with Gasteiger partial charge in [-0.3, -0.25) is 9.78 Å². The molecule has 2 saturated heterocycles. The molecular formula is C30H41Cl2N5O4. The van der Waals surface area contributed by atoms with Gasteiger partial charge in [0, 0.05) is 54.3 Å². The number of ether oxygens (including phenoxy) is 1. The number of amides is 3. The zero-order chi connectivity index (χ0) is 29.5. The van der Waals surface area contributed by atoms with Crippen molar-refractivity contribution in [2.45, 2.75) is 63.1 Å². The lowest BCUT2D eigenvalue weighted by atomic mass is 9.91. The minimum Gasteiger partial charge on any atom is -0.490 e. The number of benzene rings is 1. The van der Waals surface area contributed by atoms with E-state index in [1.54, 1.807) is 29.3 Å². The maximum absolute atomic E-state index is 13.8. The number of urea groups is 1. The Kier molecular flexibility index (Phi) is 11.1. The van der Waals surface area contributed by atoms with Crippen molar-refractivity contribution >= 4 is 35.1 Å². The van der Waals surface area contributed by atoms with E-state index in [1.807, 2.05) is 17.0 Å². The Morgan fingerprint density at radius 2 is 1.93 bits per heavy atom. The Balaban J connectivity index is 1.43. The monoisotopic (exact) mass is 605 g/mol. The number of aromatic nitrogens is 1. The second-order valence-electron chi connectivity index (χ2n) is 11.1. The topological polar surface area (TPSA) is 98.2 Å². The second kappa shape index (κ2) is 14.5. The van der Waals surface area contributed by atoms with Crippen LogP contribution in [0.2, 0.25) is 10.0 Å². The van der Waals surface area contributed by atoms with Gasteiger partial charge in [0.25, 0.3) is 0 Å². The maximum atomic E-state index is 13.8. The van der Waals surface area contributed by atoms with Crippen LogP contribution in [0.5, 0.6) is 5.75 Å². The Labute approximate surface area is 252 Å². The number of aliphatic hydroxyl groups is 1. The molecule has 41 heavy (non-hydrogen) atoms. The van der Waals surface area contributed by atoms with E-state index < -0.39 is 6.04 Å². The lowest BCUT2D eigenvalue weighted by molar-refractivity contribution is -0.134. The summed E-state index contributed by atoms with van der Waals surface area (Å²) >= 11 is 12.5. The normalized spacial score (nSPS) is 19.0. The van der Waals surface area contributed by atoms with E-state index in [1.165, 1.54) is 0 Å². The number of rotatable bonds is 11. The van der Waals surface area contributed by atoms with Gasteiger partial charge < -0.3 is 29.9 Å². The summed E-state index contributed by atoms with van der Waals surface area (Å²) in [5.74, 6) is 0.811. The molecule has 3 atom stereocenters. The third kappa shape index (κ3) is 7.83. The first-order chi connectivity index (χ1) is 19.7. The summed E-state index contributed by atoms with van der Waals surface area (Å²) in [6.45, 7) is 4.26. The SMILES string of the molecule is CC[C@H](COc1cccnc1C1CCN(C(=O)[C@@H](Cc2ccc(Cl)cc2Cl)NC(=O)N2CC[C@H]2CO)CC1)N(C)C. The predicted octanol–water partition coefficient (Wildman–Crippen LogP) is 4.20. The first-order valence-electron chi connectivity index (χ1n) is 14.4. The molecule has 2 aromatic rings. The molecule has 9 nitrogen and oxygen atoms in total. The molecule has 0 radical (unpaired) electrons. The van der Waals surface area contributed by atoms with E-state index in [4.69, 9.17) is 27.9 Å². The third-order valence-corrected chi connectivity index (χ3v) is 8.86. The number of aliphatic hydroxyl groups excluding tert-OH is 1. The van der Waals surface area contributed by atoms with Crippen LogP contribution in [-0.2, 0) is 11.2 Å². The van der Waals surface area contributed by atoms with E-state index >= 15 is 0 Å². The zero-order valence-electron chi connectivity index (χ0n) is 24.1. The summed E-state index contributed by atoms with van der Waals surface area (Å²) < 4.78 is 6.23. The molecule has 1 aromatic heterocycles. The maximum Gasteiger partial charge on any atom is 0.318 e. The van der Waals surface area contributed by atoms with Crippen LogP contribution in [0.15, 0.2) is 36.5 Å². The molecule has 0 spiro atoms. The minimum atomic E-state index is -0.802. The van der Waals surface area contributed by atoms with Crippen LogP contribution in [0.4, 0.5) is 4.79 Å². The molecule has 224 valence electrons. The molecule has 3 heterocycles. The zero-order valence-corrected chi connectivity index (χ0v) is 25.6. The fourth-order valence-corrected chi connectivity index (χ4v) is 5.97. The van der Waals surface area contributed by atoms with E-state index in [2.05, 4.69) is 36.2 Å². The molecule has 11 heteroatoms. The summed E-state index contributed by atoms with van der Waals surface area (Å²) in [6, 6.07) is 7.94. The van der Waals surface area contributed by atoms with Gasteiger partial charge in [0.05, 0.1) is 18.3 Å². The Morgan fingerprint density at radius 3 is 2.54 bits per heavy atom. The molecule has 2 aliphatic rings. The Morgan fingerprint density at radius 1 is 1.17 bits per heavy atom. The average molecular weight is 607 g/mol. The summed E-state index contributed by atoms with van der Waals surface area (Å²) in [5, 5.41) is 13.4. The van der Waals surface area contributed by atoms with Crippen molar-refractivity contribution in [1.29, 1.82) is 0 Å². The van der Waals surface area contributed by atoms with Gasteiger partial charge >= 0.3 is 6.03 Å². The van der Waals surface area contributed by atoms with Crippen LogP contribution in [0.25, 0.3) is 0 Å². The standard InChI is InChI=1S/C30H41Cl2N5O4/c1-4-23(35(2)3)19-41-27-6-5-12-33-28(27)20-9-13-36(14-10-20)29(39)26(16-21-7-8-22(31)17-25(21)32)34-30(40)37-15-11-24(37)18-38/h5-8,12,17,20,23-24,26,38H,4,9-11,13-16,18-19H2,1-3H3,(H,34,40)/t23-,24+,26-/m1/s1. The number of hydrogen-bond donors (Lipinski definition) is 2. The number of nitrogens with one attached hydrogen (secondary N) is 1. The first-order valence-corrected chi connectivity index (χ1v) is 15.1. The molecule has 2 aliphatic heterocycles. The summed E-state index contributed by atoms with van der Waals surface area (Å²) in [4.78, 5) is 37.0. The van der Waals surface area contributed by atoms with Crippen LogP contribution >= 0.6 is 23.2 Å². The highest BCUT2D eigenvalue weighted by Crippen LogP contribution is 2.33. The highest BCUT2D eigenvalue weighted by atomic mass is 35.5. The summed E-state index contributed by atoms with van der Waals surface area (Å²) in [7, 11) is 4.11. The number of hydrogen-bond acceptors (Lipinski definition) is 6. The van der Waals surface area contributed by atoms with Gasteiger partial charge in [-0.05, 0) is 69.6 Å². The highest BCUT2D eigenvalue weighted by Gasteiger charge is 2.36. The fourth-order valence-electron chi connectivity index (χ4n) is 5.48. The first kappa shape index (κ1) is 31.3. The largest absolute Gasteiger partial charge is 0.490 e. The van der Waals surface area contributed by atoms with Gasteiger partial charge in [-0.2, -0.15) is 0 Å². The predicted molar refractivity (Wildman–Crippen MR) is 161 cm³/mol. The lowest BCUT2D eigenvalue weighted by Gasteiger charge is -2.41. The van der Waals surface area contributed by atoms with E-state index in [0.29, 0.717) is 42.3 Å². The number of likely N-dealkylation sites (tertiary alicyclic amines) is 2. The van der Waals surface area contributed by atoms with Crippen LogP contribution in [-0.4, -0.2) is 102 Å². The second-order valence-corrected chi connectivity index (χ2v) is 11.9. The van der Waals surface area contributed by atoms with Crippen LogP contribution in [0, 0.1) is 0 Å². The number of likely N-dealkylation sites (N-methyl/N-ethyl adjacent to an activating group) is 1. The number of pyridine rings is 1. The summed E-state index contributed by atoms with van der Waals surface area (Å²) in [5.41, 5.74) is 1.66. The van der Waals surface area contributed by atoms with Crippen molar-refractivity contribution < 1.29 is 19.4 Å². The van der Waals surface area contributed by atoms with Crippen LogP contribution in [0.1, 0.15) is 49.8 Å². The molecule has 2 N–H and O–H groups in total. The van der Waals surface area contributed by atoms with Gasteiger partial charge in [-0.15, -0.1) is 0 Å². The molecule has 1 aromatic carbocycles.